The lowest BCUT2D eigenvalue weighted by molar-refractivity contribution is 0.0763. The van der Waals surface area contributed by atoms with Crippen LogP contribution < -0.4 is 11.3 Å². The summed E-state index contributed by atoms with van der Waals surface area (Å²) in [6.45, 7) is 4.09. The Morgan fingerprint density at radius 1 is 1.19 bits per heavy atom. The Labute approximate surface area is 126 Å². The van der Waals surface area contributed by atoms with Crippen molar-refractivity contribution in [2.75, 3.05) is 13.1 Å². The average molecular weight is 291 g/mol. The van der Waals surface area contributed by atoms with E-state index in [1.807, 2.05) is 12.1 Å². The normalized spacial score (nSPS) is 23.6. The van der Waals surface area contributed by atoms with E-state index in [1.165, 1.54) is 25.7 Å². The molecule has 0 aromatic heterocycles. The number of hydrogen-bond acceptors (Lipinski definition) is 3. The standard InChI is InChI=1S/C17H26FN3/c1-13-6-7-14(12-15(13)18)16(20-19)17(8-2-3-9-17)21-10-4-5-11-21/h6-7,12,16,20H,2-5,8-11,19H2,1H3. The lowest BCUT2D eigenvalue weighted by Gasteiger charge is -2.45. The second kappa shape index (κ2) is 6.03. The van der Waals surface area contributed by atoms with Crippen LogP contribution in [-0.2, 0) is 0 Å². The topological polar surface area (TPSA) is 41.3 Å². The van der Waals surface area contributed by atoms with Gasteiger partial charge in [0.2, 0.25) is 0 Å². The van der Waals surface area contributed by atoms with Crippen LogP contribution >= 0.6 is 0 Å². The second-order valence-corrected chi connectivity index (χ2v) is 6.61. The summed E-state index contributed by atoms with van der Waals surface area (Å²) in [5.41, 5.74) is 4.75. The van der Waals surface area contributed by atoms with Crippen molar-refractivity contribution < 1.29 is 4.39 Å². The number of rotatable bonds is 4. The van der Waals surface area contributed by atoms with E-state index >= 15 is 0 Å². The first kappa shape index (κ1) is 14.9. The average Bonchev–Trinajstić information content (AvgIpc) is 3.15. The smallest absolute Gasteiger partial charge is 0.126 e. The van der Waals surface area contributed by atoms with E-state index in [1.54, 1.807) is 13.0 Å². The molecule has 1 heterocycles. The highest BCUT2D eigenvalue weighted by Crippen LogP contribution is 2.45. The molecule has 0 radical (unpaired) electrons. The number of likely N-dealkylation sites (tertiary alicyclic amines) is 1. The van der Waals surface area contributed by atoms with Crippen molar-refractivity contribution >= 4 is 0 Å². The zero-order chi connectivity index (χ0) is 14.9. The zero-order valence-corrected chi connectivity index (χ0v) is 12.9. The molecule has 0 spiro atoms. The van der Waals surface area contributed by atoms with Gasteiger partial charge in [-0.2, -0.15) is 0 Å². The van der Waals surface area contributed by atoms with Crippen molar-refractivity contribution in [3.05, 3.63) is 35.1 Å². The molecule has 116 valence electrons. The van der Waals surface area contributed by atoms with Gasteiger partial charge in [-0.15, -0.1) is 0 Å². The Balaban J connectivity index is 1.96. The number of nitrogens with two attached hydrogens (primary N) is 1. The molecule has 1 aliphatic carbocycles. The highest BCUT2D eigenvalue weighted by molar-refractivity contribution is 5.29. The van der Waals surface area contributed by atoms with Crippen LogP contribution in [0.4, 0.5) is 4.39 Å². The van der Waals surface area contributed by atoms with E-state index < -0.39 is 0 Å². The third-order valence-corrected chi connectivity index (χ3v) is 5.44. The van der Waals surface area contributed by atoms with Crippen LogP contribution in [0.2, 0.25) is 0 Å². The van der Waals surface area contributed by atoms with E-state index in [2.05, 4.69) is 10.3 Å². The predicted octanol–water partition coefficient (Wildman–Crippen LogP) is 3.05. The van der Waals surface area contributed by atoms with Crippen LogP contribution in [0, 0.1) is 12.7 Å². The van der Waals surface area contributed by atoms with Crippen LogP contribution in [0.15, 0.2) is 18.2 Å². The Kier molecular flexibility index (Phi) is 4.29. The molecule has 4 heteroatoms. The van der Waals surface area contributed by atoms with Crippen molar-refractivity contribution in [2.24, 2.45) is 5.84 Å². The molecule has 3 N–H and O–H groups in total. The van der Waals surface area contributed by atoms with Crippen LogP contribution in [0.1, 0.15) is 55.7 Å². The predicted molar refractivity (Wildman–Crippen MR) is 83.2 cm³/mol. The summed E-state index contributed by atoms with van der Waals surface area (Å²) in [7, 11) is 0. The number of nitrogens with one attached hydrogen (secondary N) is 1. The van der Waals surface area contributed by atoms with Gasteiger partial charge in [-0.3, -0.25) is 16.2 Å². The SMILES string of the molecule is Cc1ccc(C(NN)C2(N3CCCC3)CCCC2)cc1F. The summed E-state index contributed by atoms with van der Waals surface area (Å²) in [6.07, 6.45) is 7.31. The van der Waals surface area contributed by atoms with Crippen molar-refractivity contribution in [1.82, 2.24) is 10.3 Å². The molecule has 1 aromatic carbocycles. The molecule has 1 aliphatic heterocycles. The first-order valence-corrected chi connectivity index (χ1v) is 8.14. The molecular formula is C17H26FN3. The summed E-state index contributed by atoms with van der Waals surface area (Å²) in [4.78, 5) is 2.60. The molecule has 0 bridgehead atoms. The van der Waals surface area contributed by atoms with E-state index in [9.17, 15) is 4.39 Å². The Morgan fingerprint density at radius 2 is 1.86 bits per heavy atom. The van der Waals surface area contributed by atoms with Crippen LogP contribution in [0.5, 0.6) is 0 Å². The summed E-state index contributed by atoms with van der Waals surface area (Å²) >= 11 is 0. The third-order valence-electron chi connectivity index (χ3n) is 5.44. The molecule has 1 saturated heterocycles. The van der Waals surface area contributed by atoms with Gasteiger partial charge in [0.05, 0.1) is 6.04 Å². The summed E-state index contributed by atoms with van der Waals surface area (Å²) in [5, 5.41) is 0. The van der Waals surface area contributed by atoms with Gasteiger partial charge in [-0.05, 0) is 62.9 Å². The van der Waals surface area contributed by atoms with E-state index in [4.69, 9.17) is 5.84 Å². The zero-order valence-electron chi connectivity index (χ0n) is 12.9. The van der Waals surface area contributed by atoms with Gasteiger partial charge in [0.25, 0.3) is 0 Å². The largest absolute Gasteiger partial charge is 0.296 e. The molecule has 2 aliphatic rings. The van der Waals surface area contributed by atoms with E-state index in [-0.39, 0.29) is 17.4 Å². The van der Waals surface area contributed by atoms with Crippen molar-refractivity contribution in [1.29, 1.82) is 0 Å². The minimum atomic E-state index is -0.137. The first-order valence-electron chi connectivity index (χ1n) is 8.14. The monoisotopic (exact) mass is 291 g/mol. The molecule has 1 unspecified atom stereocenters. The molecule has 1 aromatic rings. The van der Waals surface area contributed by atoms with Gasteiger partial charge in [0.1, 0.15) is 5.82 Å². The number of benzene rings is 1. The Morgan fingerprint density at radius 3 is 2.43 bits per heavy atom. The minimum absolute atomic E-state index is 0.00759. The van der Waals surface area contributed by atoms with Gasteiger partial charge < -0.3 is 0 Å². The lowest BCUT2D eigenvalue weighted by atomic mass is 9.82. The molecule has 3 rings (SSSR count). The number of nitrogens with zero attached hydrogens (tertiary/aromatic N) is 1. The molecule has 21 heavy (non-hydrogen) atoms. The highest BCUT2D eigenvalue weighted by Gasteiger charge is 2.47. The molecular weight excluding hydrogens is 265 g/mol. The highest BCUT2D eigenvalue weighted by atomic mass is 19.1. The van der Waals surface area contributed by atoms with E-state index in [0.29, 0.717) is 5.56 Å². The fourth-order valence-electron chi connectivity index (χ4n) is 4.29. The number of halogens is 1. The molecule has 0 amide bonds. The van der Waals surface area contributed by atoms with Gasteiger partial charge in [-0.1, -0.05) is 25.0 Å². The number of hydrazine groups is 1. The fraction of sp³-hybridized carbons (Fsp3) is 0.647. The van der Waals surface area contributed by atoms with Crippen molar-refractivity contribution in [3.63, 3.8) is 0 Å². The number of aryl methyl sites for hydroxylation is 1. The van der Waals surface area contributed by atoms with E-state index in [0.717, 1.165) is 31.5 Å². The lowest BCUT2D eigenvalue weighted by Crippen LogP contribution is -2.55. The third kappa shape index (κ3) is 2.60. The molecule has 1 saturated carbocycles. The van der Waals surface area contributed by atoms with Gasteiger partial charge >= 0.3 is 0 Å². The number of hydrogen-bond donors (Lipinski definition) is 2. The fourth-order valence-corrected chi connectivity index (χ4v) is 4.29. The van der Waals surface area contributed by atoms with Crippen LogP contribution in [0.25, 0.3) is 0 Å². The Hall–Kier alpha value is -0.970. The summed E-state index contributed by atoms with van der Waals surface area (Å²) in [6, 6.07) is 5.56. The van der Waals surface area contributed by atoms with Crippen LogP contribution in [-0.4, -0.2) is 23.5 Å². The van der Waals surface area contributed by atoms with Crippen molar-refractivity contribution in [3.8, 4) is 0 Å². The van der Waals surface area contributed by atoms with Gasteiger partial charge in [0, 0.05) is 5.54 Å². The van der Waals surface area contributed by atoms with Gasteiger partial charge in [0.15, 0.2) is 0 Å². The second-order valence-electron chi connectivity index (χ2n) is 6.61. The van der Waals surface area contributed by atoms with Gasteiger partial charge in [-0.25, -0.2) is 4.39 Å². The first-order chi connectivity index (χ1) is 10.2. The summed E-state index contributed by atoms with van der Waals surface area (Å²) < 4.78 is 14.0. The molecule has 1 atom stereocenters. The maximum Gasteiger partial charge on any atom is 0.126 e. The maximum absolute atomic E-state index is 14.0. The summed E-state index contributed by atoms with van der Waals surface area (Å²) in [5.74, 6) is 5.79. The quantitative estimate of drug-likeness (QED) is 0.662. The molecule has 2 fully saturated rings. The minimum Gasteiger partial charge on any atom is -0.296 e. The Bertz CT molecular complexity index is 491. The van der Waals surface area contributed by atoms with Crippen LogP contribution in [0.3, 0.4) is 0 Å². The van der Waals surface area contributed by atoms with Crippen molar-refractivity contribution in [2.45, 2.75) is 57.0 Å². The molecule has 3 nitrogen and oxygen atoms in total. The maximum atomic E-state index is 14.0.